The minimum atomic E-state index is 0.895. The Kier molecular flexibility index (Phi) is 6.55. The fourth-order valence-electron chi connectivity index (χ4n) is 8.02. The van der Waals surface area contributed by atoms with Crippen LogP contribution in [0.1, 0.15) is 11.1 Å². The molecule has 51 heavy (non-hydrogen) atoms. The zero-order valence-corrected chi connectivity index (χ0v) is 28.3. The van der Waals surface area contributed by atoms with Gasteiger partial charge in [0.2, 0.25) is 0 Å². The number of fused-ring (bicyclic) bond motifs is 9. The van der Waals surface area contributed by atoms with Crippen molar-refractivity contribution < 1.29 is 0 Å². The van der Waals surface area contributed by atoms with Crippen molar-refractivity contribution in [3.63, 3.8) is 0 Å². The molecule has 0 aliphatic heterocycles. The number of benzene rings is 6. The Labute approximate surface area is 295 Å². The minimum absolute atomic E-state index is 0.895. The molecule has 0 N–H and O–H groups in total. The second kappa shape index (κ2) is 11.4. The molecular weight excluding hydrogens is 623 g/mol. The van der Waals surface area contributed by atoms with Gasteiger partial charge in [-0.1, -0.05) is 91.0 Å². The van der Waals surface area contributed by atoms with Gasteiger partial charge in [-0.15, -0.1) is 0 Å². The van der Waals surface area contributed by atoms with Crippen molar-refractivity contribution in [2.75, 3.05) is 4.90 Å². The molecule has 0 unspecified atom stereocenters. The van der Waals surface area contributed by atoms with Crippen LogP contribution >= 0.6 is 0 Å². The van der Waals surface area contributed by atoms with Crippen LogP contribution in [0.3, 0.4) is 0 Å². The van der Waals surface area contributed by atoms with E-state index in [-0.39, 0.29) is 0 Å². The van der Waals surface area contributed by atoms with Gasteiger partial charge in [0.05, 0.1) is 28.4 Å². The summed E-state index contributed by atoms with van der Waals surface area (Å²) in [4.78, 5) is 12.3. The van der Waals surface area contributed by atoms with Gasteiger partial charge in [-0.2, -0.15) is 0 Å². The molecule has 6 aromatic carbocycles. The number of pyridine rings is 2. The second-order valence-corrected chi connectivity index (χ2v) is 13.2. The molecule has 0 spiro atoms. The summed E-state index contributed by atoms with van der Waals surface area (Å²) in [6.45, 7) is 4.37. The Morgan fingerprint density at radius 3 is 1.88 bits per heavy atom. The fraction of sp³-hybridized carbons (Fsp3) is 0.0435. The van der Waals surface area contributed by atoms with E-state index in [0.29, 0.717) is 0 Å². The summed E-state index contributed by atoms with van der Waals surface area (Å²) < 4.78 is 4.62. The quantitative estimate of drug-likeness (QED) is 0.173. The second-order valence-electron chi connectivity index (χ2n) is 13.2. The van der Waals surface area contributed by atoms with Gasteiger partial charge in [-0.05, 0) is 91.0 Å². The lowest BCUT2D eigenvalue weighted by molar-refractivity contribution is 1.08. The summed E-state index contributed by atoms with van der Waals surface area (Å²) in [5, 5.41) is 5.88. The first kappa shape index (κ1) is 29.2. The maximum atomic E-state index is 5.15. The van der Waals surface area contributed by atoms with Crippen molar-refractivity contribution >= 4 is 66.2 Å². The molecule has 10 aromatic rings. The van der Waals surface area contributed by atoms with Crippen molar-refractivity contribution in [1.29, 1.82) is 0 Å². The van der Waals surface area contributed by atoms with Crippen LogP contribution in [0.5, 0.6) is 0 Å². The lowest BCUT2D eigenvalue weighted by Gasteiger charge is -2.26. The van der Waals surface area contributed by atoms with Crippen molar-refractivity contribution in [2.45, 2.75) is 13.8 Å². The lowest BCUT2D eigenvalue weighted by Crippen LogP contribution is -2.10. The van der Waals surface area contributed by atoms with E-state index in [2.05, 4.69) is 167 Å². The van der Waals surface area contributed by atoms with Gasteiger partial charge in [-0.3, -0.25) is 8.97 Å². The highest BCUT2D eigenvalue weighted by atomic mass is 15.1. The van der Waals surface area contributed by atoms with Gasteiger partial charge in [-0.25, -0.2) is 9.97 Å². The Morgan fingerprint density at radius 1 is 0.471 bits per heavy atom. The Morgan fingerprint density at radius 2 is 1.12 bits per heavy atom. The van der Waals surface area contributed by atoms with Gasteiger partial charge in [0.1, 0.15) is 11.5 Å². The van der Waals surface area contributed by atoms with Crippen LogP contribution in [0.4, 0.5) is 17.1 Å². The van der Waals surface area contributed by atoms with Crippen LogP contribution in [0.25, 0.3) is 66.2 Å². The molecule has 0 amide bonds. The van der Waals surface area contributed by atoms with Crippen LogP contribution < -0.4 is 4.90 Å². The first-order valence-corrected chi connectivity index (χ1v) is 17.3. The fourth-order valence-corrected chi connectivity index (χ4v) is 8.02. The third-order valence-corrected chi connectivity index (χ3v) is 10.2. The van der Waals surface area contributed by atoms with E-state index < -0.39 is 0 Å². The summed E-state index contributed by atoms with van der Waals surface area (Å²) in [6.07, 6.45) is 3.90. The predicted molar refractivity (Wildman–Crippen MR) is 212 cm³/mol. The molecule has 0 saturated carbocycles. The molecule has 5 nitrogen and oxygen atoms in total. The van der Waals surface area contributed by atoms with Crippen LogP contribution in [-0.4, -0.2) is 18.9 Å². The molecule has 0 saturated heterocycles. The zero-order valence-electron chi connectivity index (χ0n) is 28.3. The average Bonchev–Trinajstić information content (AvgIpc) is 3.76. The summed E-state index contributed by atoms with van der Waals surface area (Å²) in [7, 11) is 0. The van der Waals surface area contributed by atoms with E-state index in [1.165, 1.54) is 38.2 Å². The molecule has 0 aliphatic rings. The highest BCUT2D eigenvalue weighted by Crippen LogP contribution is 2.42. The summed E-state index contributed by atoms with van der Waals surface area (Å²) in [6, 6.07) is 54.1. The number of hydrogen-bond donors (Lipinski definition) is 0. The Hall–Kier alpha value is -6.72. The average molecular weight is 656 g/mol. The van der Waals surface area contributed by atoms with Crippen molar-refractivity contribution in [3.8, 4) is 17.1 Å². The van der Waals surface area contributed by atoms with E-state index in [9.17, 15) is 0 Å². The maximum absolute atomic E-state index is 5.15. The number of imidazole rings is 1. The summed E-state index contributed by atoms with van der Waals surface area (Å²) in [5.41, 5.74) is 12.3. The normalized spacial score (nSPS) is 11.7. The molecule has 0 radical (unpaired) electrons. The number of para-hydroxylation sites is 3. The van der Waals surface area contributed by atoms with Gasteiger partial charge in [0.25, 0.3) is 0 Å². The standard InChI is InChI=1S/C46H33N5/c1-30-13-12-14-31(2)45(30)43-29-48-46-39-27-33(22-24-35(39)36-17-6-9-20-41(36)51(43)46)49(32-15-4-3-5-16-32)34-23-25-38-37-18-7-8-19-40(37)50(42(38)28-34)44-21-10-11-26-47-44/h3-29H,1-2H3. The van der Waals surface area contributed by atoms with Gasteiger partial charge >= 0.3 is 0 Å². The molecule has 242 valence electrons. The minimum Gasteiger partial charge on any atom is -0.310 e. The zero-order chi connectivity index (χ0) is 34.1. The molecule has 4 heterocycles. The summed E-state index contributed by atoms with van der Waals surface area (Å²) in [5.74, 6) is 0.895. The van der Waals surface area contributed by atoms with E-state index in [1.54, 1.807) is 0 Å². The van der Waals surface area contributed by atoms with E-state index in [1.807, 2.05) is 24.5 Å². The van der Waals surface area contributed by atoms with Crippen molar-refractivity contribution in [3.05, 3.63) is 175 Å². The lowest BCUT2D eigenvalue weighted by atomic mass is 10.00. The molecular formula is C46H33N5. The van der Waals surface area contributed by atoms with Gasteiger partial charge < -0.3 is 4.90 Å². The molecule has 4 aromatic heterocycles. The van der Waals surface area contributed by atoms with Crippen LogP contribution in [0.2, 0.25) is 0 Å². The third kappa shape index (κ3) is 4.48. The first-order chi connectivity index (χ1) is 25.2. The van der Waals surface area contributed by atoms with E-state index >= 15 is 0 Å². The SMILES string of the molecule is Cc1cccc(C)c1-c1cnc2c3cc(N(c4ccccc4)c4ccc5c6ccccc6n(-c6ccccn6)c5c4)ccc3c3ccccc3n12. The van der Waals surface area contributed by atoms with Crippen molar-refractivity contribution in [2.24, 2.45) is 0 Å². The Bertz CT molecular complexity index is 2920. The van der Waals surface area contributed by atoms with Crippen molar-refractivity contribution in [1.82, 2.24) is 18.9 Å². The Balaban J connectivity index is 1.25. The molecule has 5 heteroatoms. The highest BCUT2D eigenvalue weighted by Gasteiger charge is 2.21. The molecule has 0 bridgehead atoms. The monoisotopic (exact) mass is 655 g/mol. The van der Waals surface area contributed by atoms with E-state index in [4.69, 9.17) is 9.97 Å². The van der Waals surface area contributed by atoms with E-state index in [0.717, 1.165) is 56.2 Å². The molecule has 0 fully saturated rings. The number of nitrogens with zero attached hydrogens (tertiary/aromatic N) is 5. The van der Waals surface area contributed by atoms with Crippen LogP contribution in [0.15, 0.2) is 164 Å². The molecule has 10 rings (SSSR count). The number of aromatic nitrogens is 4. The number of rotatable bonds is 5. The summed E-state index contributed by atoms with van der Waals surface area (Å²) >= 11 is 0. The molecule has 0 atom stereocenters. The maximum Gasteiger partial charge on any atom is 0.145 e. The third-order valence-electron chi connectivity index (χ3n) is 10.2. The van der Waals surface area contributed by atoms with Gasteiger partial charge in [0.15, 0.2) is 0 Å². The highest BCUT2D eigenvalue weighted by molar-refractivity contribution is 6.14. The number of anilines is 3. The number of hydrogen-bond acceptors (Lipinski definition) is 3. The van der Waals surface area contributed by atoms with Crippen LogP contribution in [-0.2, 0) is 0 Å². The predicted octanol–water partition coefficient (Wildman–Crippen LogP) is 11.9. The topological polar surface area (TPSA) is 38.4 Å². The van der Waals surface area contributed by atoms with Gasteiger partial charge in [0, 0.05) is 50.4 Å². The first-order valence-electron chi connectivity index (χ1n) is 17.3. The van der Waals surface area contributed by atoms with Crippen LogP contribution in [0, 0.1) is 13.8 Å². The smallest absolute Gasteiger partial charge is 0.145 e. The largest absolute Gasteiger partial charge is 0.310 e. The number of aryl methyl sites for hydroxylation is 2. The molecule has 0 aliphatic carbocycles.